The molecule has 0 spiro atoms. The average molecular weight is 236 g/mol. The van der Waals surface area contributed by atoms with Crippen LogP contribution >= 0.6 is 0 Å². The van der Waals surface area contributed by atoms with Crippen molar-refractivity contribution in [2.75, 3.05) is 0 Å². The maximum absolute atomic E-state index is 11.8. The van der Waals surface area contributed by atoms with Crippen LogP contribution < -0.4 is 5.32 Å². The van der Waals surface area contributed by atoms with Gasteiger partial charge in [-0.15, -0.1) is 0 Å². The van der Waals surface area contributed by atoms with Crippen molar-refractivity contribution in [1.82, 2.24) is 10.3 Å². The second kappa shape index (κ2) is 5.34. The summed E-state index contributed by atoms with van der Waals surface area (Å²) < 4.78 is 0. The fourth-order valence-electron chi connectivity index (χ4n) is 1.38. The summed E-state index contributed by atoms with van der Waals surface area (Å²) in [5.74, 6) is -1.71. The molecule has 1 heterocycles. The first kappa shape index (κ1) is 13.0. The van der Waals surface area contributed by atoms with E-state index in [0.717, 1.165) is 0 Å². The molecule has 0 fully saturated rings. The molecule has 92 valence electrons. The summed E-state index contributed by atoms with van der Waals surface area (Å²) in [6.07, 6.45) is 1.67. The van der Waals surface area contributed by atoms with Gasteiger partial charge >= 0.3 is 5.97 Å². The third-order valence-corrected chi connectivity index (χ3v) is 2.42. The molecule has 0 aliphatic rings. The molecule has 0 bridgehead atoms. The maximum atomic E-state index is 11.8. The number of hydrogen-bond donors (Lipinski definition) is 3. The summed E-state index contributed by atoms with van der Waals surface area (Å²) in [5, 5.41) is 11.4. The molecule has 5 nitrogen and oxygen atoms in total. The number of nitrogens with one attached hydrogen (secondary N) is 2. The number of rotatable bonds is 5. The highest BCUT2D eigenvalue weighted by molar-refractivity contribution is 6.18. The summed E-state index contributed by atoms with van der Waals surface area (Å²) in [5.41, 5.74) is 0.803. The summed E-state index contributed by atoms with van der Waals surface area (Å²) in [6, 6.07) is 2.53. The fourth-order valence-corrected chi connectivity index (χ4v) is 1.38. The molecule has 17 heavy (non-hydrogen) atoms. The van der Waals surface area contributed by atoms with Crippen LogP contribution in [0.4, 0.5) is 0 Å². The van der Waals surface area contributed by atoms with Gasteiger partial charge < -0.3 is 15.4 Å². The van der Waals surface area contributed by atoms with E-state index in [2.05, 4.69) is 16.9 Å². The van der Waals surface area contributed by atoms with Crippen LogP contribution in [0.3, 0.4) is 0 Å². The zero-order valence-corrected chi connectivity index (χ0v) is 9.86. The number of carboxylic acids is 1. The number of aromatic nitrogens is 1. The minimum atomic E-state index is -1.05. The molecule has 3 N–H and O–H groups in total. The van der Waals surface area contributed by atoms with Gasteiger partial charge in [0.25, 0.3) is 5.91 Å². The highest BCUT2D eigenvalue weighted by Crippen LogP contribution is 2.11. The summed E-state index contributed by atoms with van der Waals surface area (Å²) in [6.45, 7) is 7.10. The molecule has 0 saturated carbocycles. The molecule has 1 aromatic rings. The van der Waals surface area contributed by atoms with Crippen LogP contribution in [0.25, 0.3) is 5.57 Å². The summed E-state index contributed by atoms with van der Waals surface area (Å²) >= 11 is 0. The molecule has 0 aliphatic carbocycles. The fraction of sp³-hybridized carbons (Fsp3) is 0.333. The van der Waals surface area contributed by atoms with Crippen molar-refractivity contribution in [3.05, 3.63) is 30.6 Å². The second-order valence-electron chi connectivity index (χ2n) is 4.10. The van der Waals surface area contributed by atoms with E-state index >= 15 is 0 Å². The highest BCUT2D eigenvalue weighted by Gasteiger charge is 2.24. The van der Waals surface area contributed by atoms with Crippen molar-refractivity contribution in [3.63, 3.8) is 0 Å². The van der Waals surface area contributed by atoms with E-state index in [1.165, 1.54) is 0 Å². The first-order chi connectivity index (χ1) is 7.93. The average Bonchev–Trinajstić information content (AvgIpc) is 2.76. The minimum absolute atomic E-state index is 0.187. The molecule has 0 aliphatic heterocycles. The zero-order chi connectivity index (χ0) is 13.0. The maximum Gasteiger partial charge on any atom is 0.326 e. The van der Waals surface area contributed by atoms with Gasteiger partial charge in [-0.05, 0) is 18.1 Å². The lowest BCUT2D eigenvalue weighted by Gasteiger charge is -2.18. The Kier molecular flexibility index (Phi) is 4.09. The topological polar surface area (TPSA) is 82.2 Å². The number of aromatic amines is 1. The smallest absolute Gasteiger partial charge is 0.326 e. The standard InChI is InChI=1S/C12H16N2O3/c1-7(2)10(12(16)17)14-11(15)8(3)9-5-4-6-13-9/h4-7,10,13H,3H2,1-2H3,(H,14,15)(H,16,17). The molecular formula is C12H16N2O3. The molecule has 1 amide bonds. The van der Waals surface area contributed by atoms with E-state index in [9.17, 15) is 9.59 Å². The second-order valence-corrected chi connectivity index (χ2v) is 4.10. The van der Waals surface area contributed by atoms with Crippen molar-refractivity contribution in [2.24, 2.45) is 5.92 Å². The molecule has 0 aromatic carbocycles. The van der Waals surface area contributed by atoms with Crippen LogP contribution in [0, 0.1) is 5.92 Å². The molecular weight excluding hydrogens is 220 g/mol. The predicted octanol–water partition coefficient (Wildman–Crippen LogP) is 1.25. The Morgan fingerprint density at radius 2 is 2.12 bits per heavy atom. The van der Waals surface area contributed by atoms with Gasteiger partial charge in [0.15, 0.2) is 0 Å². The number of carbonyl (C=O) groups excluding carboxylic acids is 1. The van der Waals surface area contributed by atoms with E-state index in [0.29, 0.717) is 5.69 Å². The number of carbonyl (C=O) groups is 2. The third-order valence-electron chi connectivity index (χ3n) is 2.42. The molecule has 1 atom stereocenters. The van der Waals surface area contributed by atoms with Crippen molar-refractivity contribution >= 4 is 17.4 Å². The third kappa shape index (κ3) is 3.21. The molecule has 0 radical (unpaired) electrons. The van der Waals surface area contributed by atoms with Gasteiger partial charge in [-0.25, -0.2) is 4.79 Å². The monoisotopic (exact) mass is 236 g/mol. The molecule has 0 saturated heterocycles. The molecule has 1 aromatic heterocycles. The number of aliphatic carboxylic acids is 1. The lowest BCUT2D eigenvalue weighted by molar-refractivity contribution is -0.142. The molecule has 5 heteroatoms. The van der Waals surface area contributed by atoms with Gasteiger partial charge in [0, 0.05) is 6.20 Å². The molecule has 1 rings (SSSR count). The van der Waals surface area contributed by atoms with Crippen molar-refractivity contribution in [2.45, 2.75) is 19.9 Å². The number of hydrogen-bond acceptors (Lipinski definition) is 2. The molecule has 1 unspecified atom stereocenters. The largest absolute Gasteiger partial charge is 0.480 e. The summed E-state index contributed by atoms with van der Waals surface area (Å²) in [4.78, 5) is 25.5. The quantitative estimate of drug-likeness (QED) is 0.673. The van der Waals surface area contributed by atoms with Gasteiger partial charge in [-0.1, -0.05) is 20.4 Å². The Hall–Kier alpha value is -2.04. The Balaban J connectivity index is 2.72. The lowest BCUT2D eigenvalue weighted by Crippen LogP contribution is -2.44. The number of amides is 1. The van der Waals surface area contributed by atoms with E-state index in [1.54, 1.807) is 32.2 Å². The minimum Gasteiger partial charge on any atom is -0.480 e. The van der Waals surface area contributed by atoms with Crippen LogP contribution in [-0.4, -0.2) is 28.0 Å². The normalized spacial score (nSPS) is 12.2. The van der Waals surface area contributed by atoms with Crippen LogP contribution in [0.15, 0.2) is 24.9 Å². The predicted molar refractivity (Wildman–Crippen MR) is 64.2 cm³/mol. The number of carboxylic acid groups (broad SMARTS) is 1. The van der Waals surface area contributed by atoms with Crippen LogP contribution in [0.5, 0.6) is 0 Å². The van der Waals surface area contributed by atoms with E-state index in [-0.39, 0.29) is 11.5 Å². The Morgan fingerprint density at radius 3 is 2.53 bits per heavy atom. The Morgan fingerprint density at radius 1 is 1.47 bits per heavy atom. The van der Waals surface area contributed by atoms with Crippen LogP contribution in [-0.2, 0) is 9.59 Å². The van der Waals surface area contributed by atoms with Crippen molar-refractivity contribution in [3.8, 4) is 0 Å². The van der Waals surface area contributed by atoms with Crippen LogP contribution in [0.1, 0.15) is 19.5 Å². The van der Waals surface area contributed by atoms with Gasteiger partial charge in [-0.2, -0.15) is 0 Å². The Labute approximate surface area is 99.5 Å². The SMILES string of the molecule is C=C(C(=O)NC(C(=O)O)C(C)C)c1ccc[nH]1. The first-order valence-electron chi connectivity index (χ1n) is 5.29. The van der Waals surface area contributed by atoms with E-state index in [4.69, 9.17) is 5.11 Å². The Bertz CT molecular complexity index is 421. The summed E-state index contributed by atoms with van der Waals surface area (Å²) in [7, 11) is 0. The zero-order valence-electron chi connectivity index (χ0n) is 9.86. The van der Waals surface area contributed by atoms with Crippen molar-refractivity contribution in [1.29, 1.82) is 0 Å². The van der Waals surface area contributed by atoms with Gasteiger partial charge in [0.05, 0.1) is 11.3 Å². The highest BCUT2D eigenvalue weighted by atomic mass is 16.4. The van der Waals surface area contributed by atoms with Crippen LogP contribution in [0.2, 0.25) is 0 Å². The van der Waals surface area contributed by atoms with Gasteiger partial charge in [-0.3, -0.25) is 4.79 Å². The van der Waals surface area contributed by atoms with Gasteiger partial charge in [0.1, 0.15) is 6.04 Å². The number of H-pyrrole nitrogens is 1. The first-order valence-corrected chi connectivity index (χ1v) is 5.29. The van der Waals surface area contributed by atoms with Gasteiger partial charge in [0.2, 0.25) is 0 Å². The van der Waals surface area contributed by atoms with E-state index < -0.39 is 17.9 Å². The van der Waals surface area contributed by atoms with E-state index in [1.807, 2.05) is 0 Å². The lowest BCUT2D eigenvalue weighted by atomic mass is 10.0. The van der Waals surface area contributed by atoms with Crippen molar-refractivity contribution < 1.29 is 14.7 Å².